The van der Waals surface area contributed by atoms with E-state index in [9.17, 15) is 0 Å². The van der Waals surface area contributed by atoms with E-state index in [1.807, 2.05) is 32.0 Å². The van der Waals surface area contributed by atoms with E-state index >= 15 is 0 Å². The average molecular weight is 282 g/mol. The van der Waals surface area contributed by atoms with Gasteiger partial charge in [-0.1, -0.05) is 22.8 Å². The van der Waals surface area contributed by atoms with E-state index in [0.717, 1.165) is 16.8 Å². The topological polar surface area (TPSA) is 35.3 Å². The van der Waals surface area contributed by atoms with Crippen LogP contribution in [0.3, 0.4) is 0 Å². The van der Waals surface area contributed by atoms with Gasteiger partial charge in [-0.25, -0.2) is 0 Å². The highest BCUT2D eigenvalue weighted by molar-refractivity contribution is 7.80. The van der Waals surface area contributed by atoms with Gasteiger partial charge < -0.3 is 9.26 Å². The fourth-order valence-corrected chi connectivity index (χ4v) is 2.34. The number of aryl methyl sites for hydroxylation is 2. The maximum absolute atomic E-state index is 6.38. The predicted molar refractivity (Wildman–Crippen MR) is 75.1 cm³/mol. The highest BCUT2D eigenvalue weighted by Gasteiger charge is 2.17. The van der Waals surface area contributed by atoms with E-state index in [1.165, 1.54) is 7.11 Å². The highest BCUT2D eigenvalue weighted by atomic mass is 35.5. The number of nitrogens with zero attached hydrogens (tertiary/aromatic N) is 1. The Balaban J connectivity index is 2.63. The summed E-state index contributed by atoms with van der Waals surface area (Å²) in [5.74, 6) is 0.635. The van der Waals surface area contributed by atoms with E-state index in [2.05, 4.69) is 5.16 Å². The van der Waals surface area contributed by atoms with E-state index in [-0.39, 0.29) is 0 Å². The number of methoxy groups -OCH3 is 1. The molecule has 2 aromatic rings. The minimum Gasteiger partial charge on any atom is -0.486 e. The molecule has 1 heterocycles. The third-order valence-corrected chi connectivity index (χ3v) is 3.41. The van der Waals surface area contributed by atoms with Crippen LogP contribution in [-0.4, -0.2) is 17.3 Å². The zero-order chi connectivity index (χ0) is 13.3. The Morgan fingerprint density at radius 3 is 2.67 bits per heavy atom. The molecule has 0 atom stereocenters. The van der Waals surface area contributed by atoms with Crippen molar-refractivity contribution in [1.82, 2.24) is 5.16 Å². The first-order valence-electron chi connectivity index (χ1n) is 5.35. The van der Waals surface area contributed by atoms with Crippen LogP contribution in [0.2, 0.25) is 5.02 Å². The molecule has 1 aromatic heterocycles. The normalized spacial score (nSPS) is 10.4. The maximum Gasteiger partial charge on any atom is 0.192 e. The summed E-state index contributed by atoms with van der Waals surface area (Å²) in [5.41, 5.74) is 3.29. The molecule has 0 aliphatic carbocycles. The molecule has 0 bridgehead atoms. The molecular weight excluding hydrogens is 270 g/mol. The summed E-state index contributed by atoms with van der Waals surface area (Å²) in [7, 11) is 1.52. The largest absolute Gasteiger partial charge is 0.486 e. The molecule has 0 unspecified atom stereocenters. The minimum absolute atomic E-state index is 0.359. The number of hydrogen-bond acceptors (Lipinski definition) is 4. The van der Waals surface area contributed by atoms with Crippen LogP contribution in [-0.2, 0) is 4.74 Å². The number of halogens is 1. The van der Waals surface area contributed by atoms with Gasteiger partial charge in [-0.05, 0) is 37.7 Å². The van der Waals surface area contributed by atoms with Gasteiger partial charge in [0.15, 0.2) is 10.8 Å². The van der Waals surface area contributed by atoms with Crippen LogP contribution in [0, 0.1) is 13.8 Å². The van der Waals surface area contributed by atoms with Crippen molar-refractivity contribution >= 4 is 28.9 Å². The lowest BCUT2D eigenvalue weighted by molar-refractivity contribution is 0.416. The van der Waals surface area contributed by atoms with Crippen molar-refractivity contribution in [2.45, 2.75) is 13.8 Å². The van der Waals surface area contributed by atoms with Crippen LogP contribution in [0.15, 0.2) is 22.7 Å². The number of thiocarbonyl (C=S) groups is 1. The van der Waals surface area contributed by atoms with Crippen LogP contribution in [0.5, 0.6) is 0 Å². The van der Waals surface area contributed by atoms with Gasteiger partial charge in [-0.2, -0.15) is 0 Å². The number of aromatic nitrogens is 1. The second kappa shape index (κ2) is 5.08. The first-order chi connectivity index (χ1) is 8.54. The highest BCUT2D eigenvalue weighted by Crippen LogP contribution is 2.34. The van der Waals surface area contributed by atoms with Crippen molar-refractivity contribution in [3.63, 3.8) is 0 Å². The summed E-state index contributed by atoms with van der Waals surface area (Å²) >= 11 is 11.5. The molecule has 0 spiro atoms. The molecule has 0 N–H and O–H groups in total. The Morgan fingerprint density at radius 2 is 2.11 bits per heavy atom. The molecule has 0 aliphatic rings. The molecule has 0 amide bonds. The first-order valence-corrected chi connectivity index (χ1v) is 6.14. The third kappa shape index (κ3) is 2.26. The van der Waals surface area contributed by atoms with E-state index in [1.54, 1.807) is 0 Å². The molecule has 0 saturated carbocycles. The Morgan fingerprint density at radius 1 is 1.39 bits per heavy atom. The van der Waals surface area contributed by atoms with Crippen molar-refractivity contribution < 1.29 is 9.26 Å². The maximum atomic E-state index is 6.38. The average Bonchev–Trinajstić information content (AvgIpc) is 2.75. The van der Waals surface area contributed by atoms with Crippen LogP contribution in [0.4, 0.5) is 0 Å². The van der Waals surface area contributed by atoms with E-state index in [0.29, 0.717) is 21.4 Å². The molecule has 5 heteroatoms. The summed E-state index contributed by atoms with van der Waals surface area (Å²) in [6.07, 6.45) is 0. The molecule has 18 heavy (non-hydrogen) atoms. The summed E-state index contributed by atoms with van der Waals surface area (Å²) in [6.45, 7) is 3.82. The zero-order valence-corrected chi connectivity index (χ0v) is 11.9. The number of benzene rings is 1. The first kappa shape index (κ1) is 13.1. The van der Waals surface area contributed by atoms with Gasteiger partial charge >= 0.3 is 0 Å². The monoisotopic (exact) mass is 281 g/mol. The van der Waals surface area contributed by atoms with Gasteiger partial charge in [0.25, 0.3) is 0 Å². The molecule has 94 valence electrons. The molecule has 1 aromatic carbocycles. The van der Waals surface area contributed by atoms with Gasteiger partial charge in [-0.3, -0.25) is 0 Å². The SMILES string of the molecule is COC(=S)c1ccc(C)c(-c2cc(C)no2)c1Cl. The van der Waals surface area contributed by atoms with Crippen LogP contribution < -0.4 is 0 Å². The summed E-state index contributed by atoms with van der Waals surface area (Å²) in [5, 5.41) is 4.76. The minimum atomic E-state index is 0.359. The zero-order valence-electron chi connectivity index (χ0n) is 10.3. The summed E-state index contributed by atoms with van der Waals surface area (Å²) < 4.78 is 10.3. The van der Waals surface area contributed by atoms with Crippen molar-refractivity contribution in [3.05, 3.63) is 40.0 Å². The fourth-order valence-electron chi connectivity index (χ4n) is 1.72. The van der Waals surface area contributed by atoms with Gasteiger partial charge in [0.05, 0.1) is 17.8 Å². The van der Waals surface area contributed by atoms with Gasteiger partial charge in [0.2, 0.25) is 0 Å². The second-order valence-electron chi connectivity index (χ2n) is 3.94. The molecule has 0 fully saturated rings. The van der Waals surface area contributed by atoms with Crippen LogP contribution in [0.25, 0.3) is 11.3 Å². The van der Waals surface area contributed by atoms with Crippen molar-refractivity contribution in [2.24, 2.45) is 0 Å². The number of ether oxygens (including phenoxy) is 1. The Bertz CT molecular complexity index is 607. The molecule has 0 saturated heterocycles. The lowest BCUT2D eigenvalue weighted by Crippen LogP contribution is -2.02. The smallest absolute Gasteiger partial charge is 0.192 e. The number of rotatable bonds is 2. The van der Waals surface area contributed by atoms with Gasteiger partial charge in [-0.15, -0.1) is 0 Å². The lowest BCUT2D eigenvalue weighted by Gasteiger charge is -2.10. The molecule has 0 aliphatic heterocycles. The second-order valence-corrected chi connectivity index (χ2v) is 4.69. The van der Waals surface area contributed by atoms with Crippen LogP contribution >= 0.6 is 23.8 Å². The van der Waals surface area contributed by atoms with E-state index < -0.39 is 0 Å². The van der Waals surface area contributed by atoms with Crippen molar-refractivity contribution in [1.29, 1.82) is 0 Å². The van der Waals surface area contributed by atoms with E-state index in [4.69, 9.17) is 33.1 Å². The van der Waals surface area contributed by atoms with Gasteiger partial charge in [0, 0.05) is 17.2 Å². The molecule has 2 rings (SSSR count). The Kier molecular flexibility index (Phi) is 3.68. The van der Waals surface area contributed by atoms with Crippen molar-refractivity contribution in [2.75, 3.05) is 7.11 Å². The summed E-state index contributed by atoms with van der Waals surface area (Å²) in [4.78, 5) is 0. The summed E-state index contributed by atoms with van der Waals surface area (Å²) in [6, 6.07) is 5.61. The molecule has 3 nitrogen and oxygen atoms in total. The third-order valence-electron chi connectivity index (χ3n) is 2.63. The van der Waals surface area contributed by atoms with Gasteiger partial charge in [0.1, 0.15) is 0 Å². The predicted octanol–water partition coefficient (Wildman–Crippen LogP) is 3.93. The Hall–Kier alpha value is -1.39. The lowest BCUT2D eigenvalue weighted by atomic mass is 10.0. The van der Waals surface area contributed by atoms with Crippen molar-refractivity contribution in [3.8, 4) is 11.3 Å². The Labute approximate surface area is 116 Å². The quantitative estimate of drug-likeness (QED) is 0.781. The van der Waals surface area contributed by atoms with Crippen LogP contribution in [0.1, 0.15) is 16.8 Å². The molecular formula is C13H12ClNO2S. The number of hydrogen-bond donors (Lipinski definition) is 0. The standard InChI is InChI=1S/C13H12ClNO2S/c1-7-4-5-9(13(18)16-3)12(14)11(7)10-6-8(2)15-17-10/h4-6H,1-3H3. The molecule has 0 radical (unpaired) electrons. The fraction of sp³-hybridized carbons (Fsp3) is 0.231.